The van der Waals surface area contributed by atoms with E-state index in [0.717, 1.165) is 5.76 Å². The lowest BCUT2D eigenvalue weighted by atomic mass is 10.2. The van der Waals surface area contributed by atoms with E-state index in [1.165, 1.54) is 11.8 Å². The molecule has 0 amide bonds. The number of aliphatic hydroxyl groups is 1. The Labute approximate surface area is 155 Å². The van der Waals surface area contributed by atoms with Crippen LogP contribution in [0.25, 0.3) is 0 Å². The maximum Gasteiger partial charge on any atom is 0.344 e. The molecule has 0 aliphatic carbocycles. The Morgan fingerprint density at radius 2 is 2.12 bits per heavy atom. The number of rotatable bonds is 6. The maximum atomic E-state index is 12.3. The fraction of sp³-hybridized carbons (Fsp3) is 0.211. The number of aliphatic imine (C=N–C) groups is 2. The molecule has 0 fully saturated rings. The van der Waals surface area contributed by atoms with Crippen LogP contribution in [0.5, 0.6) is 0 Å². The van der Waals surface area contributed by atoms with E-state index in [1.54, 1.807) is 25.5 Å². The Morgan fingerprint density at radius 3 is 2.81 bits per heavy atom. The van der Waals surface area contributed by atoms with E-state index in [9.17, 15) is 9.90 Å². The lowest BCUT2D eigenvalue weighted by Crippen LogP contribution is -2.13. The molecule has 6 nitrogen and oxygen atoms in total. The van der Waals surface area contributed by atoms with Gasteiger partial charge in [0.2, 0.25) is 0 Å². The molecule has 1 N–H and O–H groups in total. The second-order valence-corrected chi connectivity index (χ2v) is 6.47. The molecule has 0 bridgehead atoms. The number of hydrogen-bond donors (Lipinski definition) is 1. The van der Waals surface area contributed by atoms with Crippen molar-refractivity contribution in [3.05, 3.63) is 65.8 Å². The van der Waals surface area contributed by atoms with Crippen LogP contribution in [-0.4, -0.2) is 34.2 Å². The van der Waals surface area contributed by atoms with Gasteiger partial charge < -0.3 is 14.3 Å². The Morgan fingerprint density at radius 1 is 1.31 bits per heavy atom. The number of carbonyl (C=O) groups is 1. The number of esters is 1. The highest BCUT2D eigenvalue weighted by molar-refractivity contribution is 8.16. The first-order valence-corrected chi connectivity index (χ1v) is 9.00. The van der Waals surface area contributed by atoms with E-state index in [4.69, 9.17) is 9.15 Å². The van der Waals surface area contributed by atoms with Gasteiger partial charge in [-0.3, -0.25) is 4.99 Å². The second kappa shape index (κ2) is 8.53. The van der Waals surface area contributed by atoms with Crippen LogP contribution in [0.3, 0.4) is 0 Å². The monoisotopic (exact) mass is 370 g/mol. The van der Waals surface area contributed by atoms with E-state index in [2.05, 4.69) is 9.98 Å². The summed E-state index contributed by atoms with van der Waals surface area (Å²) in [5.41, 5.74) is 0.785. The number of nitrogens with zero attached hydrogens (tertiary/aromatic N) is 2. The molecule has 0 unspecified atom stereocenters. The van der Waals surface area contributed by atoms with Gasteiger partial charge in [-0.2, -0.15) is 0 Å². The molecular formula is C19H18N2O4S. The Bertz CT molecular complexity index is 842. The highest BCUT2D eigenvalue weighted by atomic mass is 32.2. The molecule has 134 valence electrons. The average molecular weight is 370 g/mol. The van der Waals surface area contributed by atoms with Gasteiger partial charge in [-0.1, -0.05) is 30.0 Å². The zero-order valence-corrected chi connectivity index (χ0v) is 15.0. The SMILES string of the molecule is CCOC(=O)C1=C(O)[C@@H](C=NCc2ccco2)SC1=Nc1ccccc1. The molecule has 1 aliphatic heterocycles. The topological polar surface area (TPSA) is 84.4 Å². The molecule has 0 saturated heterocycles. The summed E-state index contributed by atoms with van der Waals surface area (Å²) < 4.78 is 10.3. The van der Waals surface area contributed by atoms with Gasteiger partial charge in [-0.25, -0.2) is 9.79 Å². The molecule has 1 aliphatic rings. The number of hydrogen-bond acceptors (Lipinski definition) is 7. The Kier molecular flexibility index (Phi) is 5.91. The normalized spacial score (nSPS) is 18.8. The zero-order valence-electron chi connectivity index (χ0n) is 14.2. The highest BCUT2D eigenvalue weighted by Crippen LogP contribution is 2.35. The van der Waals surface area contributed by atoms with Gasteiger partial charge in [0.1, 0.15) is 27.4 Å². The third-order valence-electron chi connectivity index (χ3n) is 3.51. The standard InChI is InChI=1S/C19H18N2O4S/c1-2-24-19(23)16-17(22)15(12-20-11-14-9-6-10-25-14)26-18(16)21-13-7-4-3-5-8-13/h3-10,12,15,22H,2,11H2,1H3/t15-/m1/s1. The molecule has 1 aromatic heterocycles. The largest absolute Gasteiger partial charge is 0.510 e. The van der Waals surface area contributed by atoms with Crippen LogP contribution >= 0.6 is 11.8 Å². The number of thioether (sulfide) groups is 1. The predicted octanol–water partition coefficient (Wildman–Crippen LogP) is 4.07. The molecule has 1 atom stereocenters. The Balaban J connectivity index is 1.84. The van der Waals surface area contributed by atoms with Crippen molar-refractivity contribution >= 4 is 34.7 Å². The summed E-state index contributed by atoms with van der Waals surface area (Å²) >= 11 is 1.26. The van der Waals surface area contributed by atoms with Crippen molar-refractivity contribution in [3.63, 3.8) is 0 Å². The van der Waals surface area contributed by atoms with E-state index < -0.39 is 11.2 Å². The molecule has 3 rings (SSSR count). The number of carbonyl (C=O) groups excluding carboxylic acids is 1. The minimum atomic E-state index is -0.589. The minimum absolute atomic E-state index is 0.0914. The lowest BCUT2D eigenvalue weighted by Gasteiger charge is -2.04. The number of para-hydroxylation sites is 1. The highest BCUT2D eigenvalue weighted by Gasteiger charge is 2.36. The van der Waals surface area contributed by atoms with Gasteiger partial charge in [0.05, 0.1) is 25.1 Å². The van der Waals surface area contributed by atoms with Gasteiger partial charge in [-0.15, -0.1) is 0 Å². The summed E-state index contributed by atoms with van der Waals surface area (Å²) in [7, 11) is 0. The molecule has 0 radical (unpaired) electrons. The first-order chi connectivity index (χ1) is 12.7. The van der Waals surface area contributed by atoms with Crippen molar-refractivity contribution in [3.8, 4) is 0 Å². The average Bonchev–Trinajstić information content (AvgIpc) is 3.25. The summed E-state index contributed by atoms with van der Waals surface area (Å²) in [6.07, 6.45) is 3.17. The van der Waals surface area contributed by atoms with E-state index >= 15 is 0 Å². The van der Waals surface area contributed by atoms with Crippen molar-refractivity contribution < 1.29 is 19.1 Å². The van der Waals surface area contributed by atoms with Crippen LogP contribution in [-0.2, 0) is 16.1 Å². The molecule has 1 aromatic carbocycles. The summed E-state index contributed by atoms with van der Waals surface area (Å²) in [6.45, 7) is 2.29. The number of furan rings is 1. The van der Waals surface area contributed by atoms with Crippen LogP contribution in [0, 0.1) is 0 Å². The number of benzene rings is 1. The van der Waals surface area contributed by atoms with E-state index in [-0.39, 0.29) is 17.9 Å². The van der Waals surface area contributed by atoms with Crippen molar-refractivity contribution in [2.24, 2.45) is 9.98 Å². The smallest absolute Gasteiger partial charge is 0.344 e. The predicted molar refractivity (Wildman–Crippen MR) is 102 cm³/mol. The fourth-order valence-corrected chi connectivity index (χ4v) is 3.41. The van der Waals surface area contributed by atoms with Crippen LogP contribution in [0.4, 0.5) is 5.69 Å². The van der Waals surface area contributed by atoms with Crippen LogP contribution in [0.2, 0.25) is 0 Å². The Hall–Kier alpha value is -2.80. The van der Waals surface area contributed by atoms with Crippen molar-refractivity contribution in [2.45, 2.75) is 18.7 Å². The number of aliphatic hydroxyl groups excluding tert-OH is 1. The molecule has 26 heavy (non-hydrogen) atoms. The molecule has 2 aromatic rings. The fourth-order valence-electron chi connectivity index (χ4n) is 2.33. The summed E-state index contributed by atoms with van der Waals surface area (Å²) in [4.78, 5) is 21.0. The van der Waals surface area contributed by atoms with E-state index in [1.807, 2.05) is 36.4 Å². The minimum Gasteiger partial charge on any atom is -0.510 e. The van der Waals surface area contributed by atoms with Crippen molar-refractivity contribution in [1.29, 1.82) is 0 Å². The zero-order chi connectivity index (χ0) is 18.4. The quantitative estimate of drug-likeness (QED) is 0.612. The van der Waals surface area contributed by atoms with E-state index in [0.29, 0.717) is 17.3 Å². The van der Waals surface area contributed by atoms with Crippen LogP contribution < -0.4 is 0 Å². The third-order valence-corrected chi connectivity index (χ3v) is 4.63. The van der Waals surface area contributed by atoms with Crippen molar-refractivity contribution in [2.75, 3.05) is 6.61 Å². The summed E-state index contributed by atoms with van der Waals surface area (Å²) in [5, 5.41) is 10.4. The molecule has 0 spiro atoms. The molecule has 2 heterocycles. The first kappa shape index (κ1) is 18.0. The van der Waals surface area contributed by atoms with Crippen molar-refractivity contribution in [1.82, 2.24) is 0 Å². The molecule has 0 saturated carbocycles. The van der Waals surface area contributed by atoms with Gasteiger partial charge in [0.15, 0.2) is 0 Å². The van der Waals surface area contributed by atoms with Gasteiger partial charge in [0, 0.05) is 6.21 Å². The molecule has 7 heteroatoms. The lowest BCUT2D eigenvalue weighted by molar-refractivity contribution is -0.138. The third kappa shape index (κ3) is 4.23. The molecular weight excluding hydrogens is 352 g/mol. The van der Waals surface area contributed by atoms with Gasteiger partial charge in [0.25, 0.3) is 0 Å². The van der Waals surface area contributed by atoms with Crippen LogP contribution in [0.1, 0.15) is 12.7 Å². The second-order valence-electron chi connectivity index (χ2n) is 5.34. The summed E-state index contributed by atoms with van der Waals surface area (Å²) in [6, 6.07) is 12.9. The maximum absolute atomic E-state index is 12.3. The summed E-state index contributed by atoms with van der Waals surface area (Å²) in [5.74, 6) is 0.0388. The van der Waals surface area contributed by atoms with Gasteiger partial charge in [-0.05, 0) is 31.2 Å². The van der Waals surface area contributed by atoms with Gasteiger partial charge >= 0.3 is 5.97 Å². The first-order valence-electron chi connectivity index (χ1n) is 8.12. The number of ether oxygens (including phenoxy) is 1. The van der Waals surface area contributed by atoms with Crippen LogP contribution in [0.15, 0.2) is 74.5 Å².